The van der Waals surface area contributed by atoms with E-state index in [0.717, 1.165) is 0 Å². The third-order valence-electron chi connectivity index (χ3n) is 1.73. The lowest BCUT2D eigenvalue weighted by molar-refractivity contribution is 0.102. The topological polar surface area (TPSA) is 94.0 Å². The van der Waals surface area contributed by atoms with Gasteiger partial charge in [-0.15, -0.1) is 0 Å². The lowest BCUT2D eigenvalue weighted by atomic mass is 10.2. The average molecular weight is 204 g/mol. The normalized spacial score (nSPS) is 9.87. The highest BCUT2D eigenvalue weighted by Crippen LogP contribution is 2.08. The van der Waals surface area contributed by atoms with Gasteiger partial charge in [-0.25, -0.2) is 4.98 Å². The van der Waals surface area contributed by atoms with Crippen LogP contribution in [0.15, 0.2) is 35.3 Å². The second kappa shape index (κ2) is 3.79. The third kappa shape index (κ3) is 2.11. The Hall–Kier alpha value is -2.37. The quantitative estimate of drug-likeness (QED) is 0.758. The van der Waals surface area contributed by atoms with Crippen LogP contribution in [0.5, 0.6) is 0 Å². The number of rotatable bonds is 2. The van der Waals surface area contributed by atoms with Gasteiger partial charge in [-0.2, -0.15) is 0 Å². The van der Waals surface area contributed by atoms with Gasteiger partial charge in [-0.3, -0.25) is 4.79 Å². The Bertz CT molecular complexity index is 467. The molecule has 3 N–H and O–H groups in total. The van der Waals surface area contributed by atoms with Gasteiger partial charge in [0.1, 0.15) is 17.8 Å². The fraction of sp³-hybridized carbons (Fsp3) is 0. The first kappa shape index (κ1) is 9.20. The molecular formula is C9H8N4O2. The van der Waals surface area contributed by atoms with Gasteiger partial charge in [0.15, 0.2) is 0 Å². The number of nitrogen functional groups attached to an aromatic ring is 1. The molecule has 2 rings (SSSR count). The number of amides is 1. The summed E-state index contributed by atoms with van der Waals surface area (Å²) >= 11 is 0. The molecule has 0 aromatic carbocycles. The van der Waals surface area contributed by atoms with Crippen molar-refractivity contribution in [1.29, 1.82) is 0 Å². The standard InChI is InChI=1S/C9H8N4O2/c10-8-3-6(1-2-11-8)9(14)13-7-4-12-15-5-7/h1-5H,(H2,10,11)(H,13,14). The second-order valence-electron chi connectivity index (χ2n) is 2.84. The third-order valence-corrected chi connectivity index (χ3v) is 1.73. The number of pyridine rings is 1. The van der Waals surface area contributed by atoms with Gasteiger partial charge in [0.25, 0.3) is 5.91 Å². The zero-order valence-corrected chi connectivity index (χ0v) is 7.68. The summed E-state index contributed by atoms with van der Waals surface area (Å²) in [5, 5.41) is 6.05. The lowest BCUT2D eigenvalue weighted by Gasteiger charge is -2.01. The molecule has 0 aliphatic heterocycles. The maximum absolute atomic E-state index is 11.6. The number of carbonyl (C=O) groups is 1. The van der Waals surface area contributed by atoms with E-state index < -0.39 is 0 Å². The van der Waals surface area contributed by atoms with E-state index in [-0.39, 0.29) is 5.91 Å². The monoisotopic (exact) mass is 204 g/mol. The average Bonchev–Trinajstić information content (AvgIpc) is 2.70. The van der Waals surface area contributed by atoms with Gasteiger partial charge in [0.05, 0.1) is 6.20 Å². The van der Waals surface area contributed by atoms with Gasteiger partial charge in [0, 0.05) is 11.8 Å². The number of anilines is 2. The molecule has 0 aliphatic rings. The first-order valence-corrected chi connectivity index (χ1v) is 4.18. The first-order chi connectivity index (χ1) is 7.25. The van der Waals surface area contributed by atoms with Gasteiger partial charge in [-0.1, -0.05) is 5.16 Å². The number of nitrogens with two attached hydrogens (primary N) is 1. The van der Waals surface area contributed by atoms with Crippen LogP contribution in [0.25, 0.3) is 0 Å². The highest BCUT2D eigenvalue weighted by atomic mass is 16.5. The minimum absolute atomic E-state index is 0.285. The molecule has 6 heteroatoms. The Kier molecular flexibility index (Phi) is 2.32. The van der Waals surface area contributed by atoms with Crippen molar-refractivity contribution in [1.82, 2.24) is 10.1 Å². The van der Waals surface area contributed by atoms with Gasteiger partial charge in [-0.05, 0) is 12.1 Å². The summed E-state index contributed by atoms with van der Waals surface area (Å²) in [6, 6.07) is 3.06. The molecule has 0 fully saturated rings. The number of hydrogen-bond donors (Lipinski definition) is 2. The Balaban J connectivity index is 2.15. The van der Waals surface area contributed by atoms with Crippen molar-refractivity contribution in [3.05, 3.63) is 36.4 Å². The minimum Gasteiger partial charge on any atom is -0.384 e. The van der Waals surface area contributed by atoms with E-state index >= 15 is 0 Å². The van der Waals surface area contributed by atoms with Crippen LogP contribution in [0, 0.1) is 0 Å². The van der Waals surface area contributed by atoms with E-state index in [1.165, 1.54) is 24.7 Å². The molecule has 0 bridgehead atoms. The lowest BCUT2D eigenvalue weighted by Crippen LogP contribution is -2.11. The fourth-order valence-electron chi connectivity index (χ4n) is 1.06. The number of aromatic nitrogens is 2. The number of hydrogen-bond acceptors (Lipinski definition) is 5. The van der Waals surface area contributed by atoms with Gasteiger partial charge in [0.2, 0.25) is 0 Å². The maximum Gasteiger partial charge on any atom is 0.255 e. The minimum atomic E-state index is -0.285. The number of carbonyl (C=O) groups excluding carboxylic acids is 1. The van der Waals surface area contributed by atoms with E-state index in [0.29, 0.717) is 17.1 Å². The van der Waals surface area contributed by atoms with Crippen LogP contribution in [0.4, 0.5) is 11.5 Å². The zero-order valence-electron chi connectivity index (χ0n) is 7.68. The Labute approximate surface area is 85.1 Å². The molecule has 0 atom stereocenters. The predicted octanol–water partition coefficient (Wildman–Crippen LogP) is 0.904. The van der Waals surface area contributed by atoms with Crippen LogP contribution < -0.4 is 11.1 Å². The number of nitrogens with zero attached hydrogens (tertiary/aromatic N) is 2. The van der Waals surface area contributed by atoms with Crippen LogP contribution >= 0.6 is 0 Å². The van der Waals surface area contributed by atoms with E-state index in [2.05, 4.69) is 20.0 Å². The van der Waals surface area contributed by atoms with Crippen molar-refractivity contribution in [2.24, 2.45) is 0 Å². The van der Waals surface area contributed by atoms with Crippen LogP contribution in [-0.4, -0.2) is 16.0 Å². The molecule has 0 unspecified atom stereocenters. The Morgan fingerprint density at radius 2 is 2.40 bits per heavy atom. The highest BCUT2D eigenvalue weighted by Gasteiger charge is 2.07. The molecule has 0 aliphatic carbocycles. The summed E-state index contributed by atoms with van der Waals surface area (Å²) in [6.45, 7) is 0. The molecule has 0 radical (unpaired) electrons. The van der Waals surface area contributed by atoms with Gasteiger partial charge < -0.3 is 15.6 Å². The summed E-state index contributed by atoms with van der Waals surface area (Å²) < 4.78 is 4.57. The van der Waals surface area contributed by atoms with Crippen LogP contribution in [0.1, 0.15) is 10.4 Å². The Morgan fingerprint density at radius 1 is 1.53 bits per heavy atom. The summed E-state index contributed by atoms with van der Waals surface area (Å²) in [7, 11) is 0. The molecule has 2 aromatic heterocycles. The molecule has 15 heavy (non-hydrogen) atoms. The molecule has 0 saturated heterocycles. The first-order valence-electron chi connectivity index (χ1n) is 4.18. The van der Waals surface area contributed by atoms with Crippen molar-refractivity contribution in [3.63, 3.8) is 0 Å². The second-order valence-corrected chi connectivity index (χ2v) is 2.84. The molecule has 76 valence electrons. The van der Waals surface area contributed by atoms with Crippen LogP contribution in [0.2, 0.25) is 0 Å². The summed E-state index contributed by atoms with van der Waals surface area (Å²) in [5.74, 6) is 0.0141. The summed E-state index contributed by atoms with van der Waals surface area (Å²) in [4.78, 5) is 15.4. The van der Waals surface area contributed by atoms with Crippen molar-refractivity contribution in [2.45, 2.75) is 0 Å². The summed E-state index contributed by atoms with van der Waals surface area (Å²) in [6.07, 6.45) is 4.21. The van der Waals surface area contributed by atoms with Crippen molar-refractivity contribution >= 4 is 17.4 Å². The molecule has 6 nitrogen and oxygen atoms in total. The molecule has 2 aromatic rings. The van der Waals surface area contributed by atoms with E-state index in [9.17, 15) is 4.79 Å². The summed E-state index contributed by atoms with van der Waals surface area (Å²) in [5.41, 5.74) is 6.38. The van der Waals surface area contributed by atoms with Crippen LogP contribution in [-0.2, 0) is 0 Å². The maximum atomic E-state index is 11.6. The molecule has 0 saturated carbocycles. The van der Waals surface area contributed by atoms with Gasteiger partial charge >= 0.3 is 0 Å². The highest BCUT2D eigenvalue weighted by molar-refractivity contribution is 6.04. The molecule has 2 heterocycles. The van der Waals surface area contributed by atoms with Crippen molar-refractivity contribution in [2.75, 3.05) is 11.1 Å². The molecular weight excluding hydrogens is 196 g/mol. The zero-order chi connectivity index (χ0) is 10.7. The van der Waals surface area contributed by atoms with E-state index in [4.69, 9.17) is 5.73 Å². The molecule has 1 amide bonds. The Morgan fingerprint density at radius 3 is 3.07 bits per heavy atom. The van der Waals surface area contributed by atoms with Crippen molar-refractivity contribution in [3.8, 4) is 0 Å². The largest absolute Gasteiger partial charge is 0.384 e. The van der Waals surface area contributed by atoms with Crippen molar-refractivity contribution < 1.29 is 9.32 Å². The predicted molar refractivity (Wildman–Crippen MR) is 53.1 cm³/mol. The van der Waals surface area contributed by atoms with Crippen LogP contribution in [0.3, 0.4) is 0 Å². The smallest absolute Gasteiger partial charge is 0.255 e. The molecule has 0 spiro atoms. The SMILES string of the molecule is Nc1cc(C(=O)Nc2cnoc2)ccn1. The number of nitrogens with one attached hydrogen (secondary N) is 1. The fourth-order valence-corrected chi connectivity index (χ4v) is 1.06. The van der Waals surface area contributed by atoms with E-state index in [1.54, 1.807) is 6.07 Å². The van der Waals surface area contributed by atoms with E-state index in [1.807, 2.05) is 0 Å².